The molecule has 4 nitrogen and oxygen atoms in total. The van der Waals surface area contributed by atoms with Gasteiger partial charge in [-0.25, -0.2) is 0 Å². The van der Waals surface area contributed by atoms with Crippen LogP contribution < -0.4 is 5.32 Å². The van der Waals surface area contributed by atoms with Crippen LogP contribution in [0.15, 0.2) is 0 Å². The summed E-state index contributed by atoms with van der Waals surface area (Å²) in [6.45, 7) is 1.05. The Kier molecular flexibility index (Phi) is 1.42. The van der Waals surface area contributed by atoms with E-state index in [1.165, 1.54) is 0 Å². The van der Waals surface area contributed by atoms with Crippen LogP contribution in [0.2, 0.25) is 0 Å². The molecule has 4 heteroatoms. The Balaban J connectivity index is 2.13. The third-order valence-electron chi connectivity index (χ3n) is 2.19. The number of nitrogens with one attached hydrogen (secondary N) is 1. The largest absolute Gasteiger partial charge is 0.389 e. The van der Waals surface area contributed by atoms with Crippen molar-refractivity contribution in [2.24, 2.45) is 0 Å². The molecule has 2 aliphatic heterocycles. The number of hydrogen-bond donors (Lipinski definition) is 3. The normalized spacial score (nSPS) is 53.4. The van der Waals surface area contributed by atoms with Crippen molar-refractivity contribution in [3.8, 4) is 0 Å². The molecule has 10 heavy (non-hydrogen) atoms. The van der Waals surface area contributed by atoms with Crippen molar-refractivity contribution in [3.05, 3.63) is 0 Å². The summed E-state index contributed by atoms with van der Waals surface area (Å²) in [6, 6.07) is 0.0356. The summed E-state index contributed by atoms with van der Waals surface area (Å²) < 4.78 is 5.14. The molecule has 0 saturated carbocycles. The summed E-state index contributed by atoms with van der Waals surface area (Å²) in [4.78, 5) is 0. The number of β-amino-alcohol motifs (C(OH)–C–C–N with tert-alkyl or cyclic N) is 1. The highest BCUT2D eigenvalue weighted by molar-refractivity contribution is 4.97. The van der Waals surface area contributed by atoms with Gasteiger partial charge in [-0.15, -0.1) is 0 Å². The van der Waals surface area contributed by atoms with Gasteiger partial charge in [-0.2, -0.15) is 0 Å². The minimum atomic E-state index is -0.547. The second-order valence-corrected chi connectivity index (χ2v) is 2.87. The van der Waals surface area contributed by atoms with Crippen LogP contribution in [0, 0.1) is 0 Å². The van der Waals surface area contributed by atoms with E-state index in [1.54, 1.807) is 0 Å². The van der Waals surface area contributed by atoms with Crippen molar-refractivity contribution >= 4 is 0 Å². The maximum absolute atomic E-state index is 9.33. The standard InChI is InChI=1S/C6H11NO3/c8-4-1-7-3-2-10-6(4)5(3)9/h3-9H,1-2H2. The second kappa shape index (κ2) is 2.17. The molecular formula is C6H11NO3. The summed E-state index contributed by atoms with van der Waals surface area (Å²) in [7, 11) is 0. The van der Waals surface area contributed by atoms with Crippen LogP contribution in [-0.4, -0.2) is 47.7 Å². The molecule has 0 aromatic heterocycles. The number of aliphatic hydroxyl groups is 2. The van der Waals surface area contributed by atoms with E-state index in [-0.39, 0.29) is 12.1 Å². The van der Waals surface area contributed by atoms with Gasteiger partial charge in [0.15, 0.2) is 0 Å². The summed E-state index contributed by atoms with van der Waals surface area (Å²) in [6.07, 6.45) is -1.43. The maximum Gasteiger partial charge on any atom is 0.112 e. The van der Waals surface area contributed by atoms with Gasteiger partial charge in [-0.1, -0.05) is 0 Å². The van der Waals surface area contributed by atoms with Gasteiger partial charge in [0.2, 0.25) is 0 Å². The van der Waals surface area contributed by atoms with Crippen molar-refractivity contribution < 1.29 is 14.9 Å². The van der Waals surface area contributed by atoms with Crippen molar-refractivity contribution in [2.75, 3.05) is 13.2 Å². The van der Waals surface area contributed by atoms with Crippen LogP contribution in [0.1, 0.15) is 0 Å². The third kappa shape index (κ3) is 0.769. The number of fused-ring (bicyclic) bond motifs is 2. The minimum Gasteiger partial charge on any atom is -0.389 e. The van der Waals surface area contributed by atoms with Gasteiger partial charge in [0.1, 0.15) is 12.2 Å². The van der Waals surface area contributed by atoms with Crippen molar-refractivity contribution in [2.45, 2.75) is 24.4 Å². The molecule has 3 N–H and O–H groups in total. The molecule has 0 aliphatic carbocycles. The SMILES string of the molecule is OC1CNC2COC1C2O. The van der Waals surface area contributed by atoms with Crippen LogP contribution in [0.25, 0.3) is 0 Å². The predicted molar refractivity (Wildman–Crippen MR) is 33.5 cm³/mol. The van der Waals surface area contributed by atoms with Crippen molar-refractivity contribution in [1.82, 2.24) is 5.32 Å². The molecule has 2 aliphatic rings. The van der Waals surface area contributed by atoms with E-state index in [2.05, 4.69) is 5.32 Å². The zero-order valence-corrected chi connectivity index (χ0v) is 5.53. The number of hydrogen-bond acceptors (Lipinski definition) is 4. The first-order valence-corrected chi connectivity index (χ1v) is 3.50. The Morgan fingerprint density at radius 3 is 2.90 bits per heavy atom. The van der Waals surface area contributed by atoms with Crippen LogP contribution in [0.3, 0.4) is 0 Å². The first kappa shape index (κ1) is 6.54. The third-order valence-corrected chi connectivity index (χ3v) is 2.19. The molecule has 0 aromatic carbocycles. The first-order valence-electron chi connectivity index (χ1n) is 3.50. The van der Waals surface area contributed by atoms with Crippen LogP contribution in [0.4, 0.5) is 0 Å². The maximum atomic E-state index is 9.33. The van der Waals surface area contributed by atoms with Crippen molar-refractivity contribution in [1.29, 1.82) is 0 Å². The van der Waals surface area contributed by atoms with E-state index < -0.39 is 12.2 Å². The lowest BCUT2D eigenvalue weighted by Gasteiger charge is -2.28. The average Bonchev–Trinajstić information content (AvgIpc) is 2.13. The number of piperidine rings is 1. The smallest absolute Gasteiger partial charge is 0.112 e. The van der Waals surface area contributed by atoms with Gasteiger partial charge in [0.05, 0.1) is 18.8 Å². The van der Waals surface area contributed by atoms with E-state index in [9.17, 15) is 10.2 Å². The fourth-order valence-electron chi connectivity index (χ4n) is 1.55. The Hall–Kier alpha value is -0.160. The van der Waals surface area contributed by atoms with Gasteiger partial charge in [0.25, 0.3) is 0 Å². The molecule has 2 saturated heterocycles. The van der Waals surface area contributed by atoms with Crippen molar-refractivity contribution in [3.63, 3.8) is 0 Å². The summed E-state index contributed by atoms with van der Waals surface area (Å²) in [5.41, 5.74) is 0. The fourth-order valence-corrected chi connectivity index (χ4v) is 1.55. The highest BCUT2D eigenvalue weighted by Gasteiger charge is 2.43. The quantitative estimate of drug-likeness (QED) is 0.372. The molecule has 2 heterocycles. The predicted octanol–water partition coefficient (Wildman–Crippen LogP) is -1.92. The average molecular weight is 145 g/mol. The van der Waals surface area contributed by atoms with E-state index in [0.717, 1.165) is 0 Å². The Labute approximate surface area is 58.8 Å². The molecule has 0 spiro atoms. The summed E-state index contributed by atoms with van der Waals surface area (Å²) >= 11 is 0. The van der Waals surface area contributed by atoms with Gasteiger partial charge in [-0.05, 0) is 0 Å². The highest BCUT2D eigenvalue weighted by Crippen LogP contribution is 2.21. The summed E-state index contributed by atoms with van der Waals surface area (Å²) in [5.74, 6) is 0. The van der Waals surface area contributed by atoms with E-state index in [1.807, 2.05) is 0 Å². The molecule has 4 unspecified atom stereocenters. The molecular weight excluding hydrogens is 134 g/mol. The lowest BCUT2D eigenvalue weighted by atomic mass is 10.0. The molecule has 2 fully saturated rings. The van der Waals surface area contributed by atoms with Crippen LogP contribution in [-0.2, 0) is 4.74 Å². The van der Waals surface area contributed by atoms with Gasteiger partial charge in [-0.3, -0.25) is 0 Å². The molecule has 4 atom stereocenters. The van der Waals surface area contributed by atoms with Crippen LogP contribution in [0.5, 0.6) is 0 Å². The molecule has 0 aromatic rings. The van der Waals surface area contributed by atoms with Gasteiger partial charge in [0, 0.05) is 6.54 Å². The topological polar surface area (TPSA) is 61.7 Å². The Morgan fingerprint density at radius 1 is 1.40 bits per heavy atom. The number of aliphatic hydroxyl groups excluding tert-OH is 2. The second-order valence-electron chi connectivity index (χ2n) is 2.87. The summed E-state index contributed by atoms with van der Waals surface area (Å²) in [5, 5.41) is 21.5. The molecule has 58 valence electrons. The van der Waals surface area contributed by atoms with E-state index in [4.69, 9.17) is 4.74 Å². The van der Waals surface area contributed by atoms with Gasteiger partial charge >= 0.3 is 0 Å². The molecule has 0 radical (unpaired) electrons. The van der Waals surface area contributed by atoms with Crippen LogP contribution >= 0.6 is 0 Å². The van der Waals surface area contributed by atoms with E-state index >= 15 is 0 Å². The molecule has 0 amide bonds. The highest BCUT2D eigenvalue weighted by atomic mass is 16.5. The zero-order chi connectivity index (χ0) is 7.14. The monoisotopic (exact) mass is 145 g/mol. The lowest BCUT2D eigenvalue weighted by Crippen LogP contribution is -2.54. The van der Waals surface area contributed by atoms with Gasteiger partial charge < -0.3 is 20.3 Å². The molecule has 2 rings (SSSR count). The van der Waals surface area contributed by atoms with E-state index in [0.29, 0.717) is 13.2 Å². The first-order chi connectivity index (χ1) is 4.79. The Morgan fingerprint density at radius 2 is 2.20 bits per heavy atom. The zero-order valence-electron chi connectivity index (χ0n) is 5.53. The minimum absolute atomic E-state index is 0.0356. The number of ether oxygens (including phenoxy) is 1. The molecule has 2 bridgehead atoms. The lowest BCUT2D eigenvalue weighted by molar-refractivity contribution is -0.0540. The Bertz CT molecular complexity index is 141. The number of rotatable bonds is 0. The fraction of sp³-hybridized carbons (Fsp3) is 1.00.